The number of amides is 1. The zero-order chi connectivity index (χ0) is 25.8. The van der Waals surface area contributed by atoms with E-state index >= 15 is 0 Å². The molecule has 0 saturated heterocycles. The van der Waals surface area contributed by atoms with Gasteiger partial charge in [-0.2, -0.15) is 0 Å². The smallest absolute Gasteiger partial charge is 0.309 e. The van der Waals surface area contributed by atoms with Crippen LogP contribution in [0.25, 0.3) is 28.1 Å². The number of imidazole rings is 1. The fourth-order valence-electron chi connectivity index (χ4n) is 4.18. The molecule has 0 atom stereocenters. The quantitative estimate of drug-likeness (QED) is 0.328. The molecule has 37 heavy (non-hydrogen) atoms. The lowest BCUT2D eigenvalue weighted by Gasteiger charge is -2.12. The van der Waals surface area contributed by atoms with Gasteiger partial charge in [-0.05, 0) is 59.7 Å². The highest BCUT2D eigenvalue weighted by molar-refractivity contribution is 5.94. The van der Waals surface area contributed by atoms with E-state index in [4.69, 9.17) is 15.5 Å². The molecule has 0 radical (unpaired) electrons. The molecule has 184 valence electrons. The van der Waals surface area contributed by atoms with Crippen LogP contribution in [0, 0.1) is 0 Å². The number of fused-ring (bicyclic) bond motifs is 1. The first-order valence-corrected chi connectivity index (χ1v) is 11.7. The fraction of sp³-hybridized carbons (Fsp3) is 0.103. The zero-order valence-corrected chi connectivity index (χ0v) is 20.2. The van der Waals surface area contributed by atoms with Crippen LogP contribution in [-0.4, -0.2) is 33.5 Å². The zero-order valence-electron chi connectivity index (χ0n) is 20.2. The van der Waals surface area contributed by atoms with Crippen molar-refractivity contribution in [3.05, 3.63) is 108 Å². The highest BCUT2D eigenvalue weighted by Gasteiger charge is 2.16. The summed E-state index contributed by atoms with van der Waals surface area (Å²) in [4.78, 5) is 33.3. The minimum atomic E-state index is -0.349. The number of anilines is 1. The summed E-state index contributed by atoms with van der Waals surface area (Å²) in [5.74, 6) is 0.553. The van der Waals surface area contributed by atoms with E-state index in [-0.39, 0.29) is 18.3 Å². The number of benzene rings is 3. The van der Waals surface area contributed by atoms with Gasteiger partial charge in [0.2, 0.25) is 0 Å². The van der Waals surface area contributed by atoms with Crippen molar-refractivity contribution in [1.82, 2.24) is 19.9 Å². The minimum absolute atomic E-state index is 0.120. The summed E-state index contributed by atoms with van der Waals surface area (Å²) in [5.41, 5.74) is 11.8. The third-order valence-corrected chi connectivity index (χ3v) is 6.05. The Bertz CT molecular complexity index is 1590. The third kappa shape index (κ3) is 5.04. The first kappa shape index (κ1) is 23.7. The van der Waals surface area contributed by atoms with Crippen molar-refractivity contribution in [3.63, 3.8) is 0 Å². The number of nitrogens with zero attached hydrogens (tertiary/aromatic N) is 3. The highest BCUT2D eigenvalue weighted by atomic mass is 16.5. The monoisotopic (exact) mass is 491 g/mol. The second kappa shape index (κ2) is 10.3. The lowest BCUT2D eigenvalue weighted by atomic mass is 10.1. The van der Waals surface area contributed by atoms with Crippen molar-refractivity contribution in [3.8, 4) is 17.1 Å². The van der Waals surface area contributed by atoms with Gasteiger partial charge in [-0.3, -0.25) is 14.2 Å². The third-order valence-electron chi connectivity index (χ3n) is 6.05. The van der Waals surface area contributed by atoms with Crippen molar-refractivity contribution in [1.29, 1.82) is 0 Å². The predicted molar refractivity (Wildman–Crippen MR) is 142 cm³/mol. The van der Waals surface area contributed by atoms with E-state index in [9.17, 15) is 9.59 Å². The van der Waals surface area contributed by atoms with Crippen molar-refractivity contribution in [2.75, 3.05) is 12.8 Å². The van der Waals surface area contributed by atoms with E-state index in [0.717, 1.165) is 33.4 Å². The first-order chi connectivity index (χ1) is 18.0. The molecule has 0 unspecified atom stereocenters. The second-order valence-corrected chi connectivity index (χ2v) is 8.50. The molecule has 0 aliphatic carbocycles. The topological polar surface area (TPSA) is 112 Å². The molecule has 3 N–H and O–H groups in total. The van der Waals surface area contributed by atoms with Crippen molar-refractivity contribution in [2.45, 2.75) is 13.0 Å². The number of aromatic nitrogens is 3. The van der Waals surface area contributed by atoms with E-state index in [0.29, 0.717) is 23.8 Å². The summed E-state index contributed by atoms with van der Waals surface area (Å²) in [6, 6.07) is 26.5. The number of rotatable bonds is 7. The summed E-state index contributed by atoms with van der Waals surface area (Å²) in [7, 11) is 1.34. The molecule has 0 saturated carbocycles. The number of ether oxygens (including phenoxy) is 1. The maximum atomic E-state index is 12.7. The molecule has 1 amide bonds. The van der Waals surface area contributed by atoms with Crippen LogP contribution in [0.15, 0.2) is 91.1 Å². The van der Waals surface area contributed by atoms with Crippen molar-refractivity contribution in [2.24, 2.45) is 0 Å². The summed E-state index contributed by atoms with van der Waals surface area (Å²) in [6.07, 6.45) is 1.78. The van der Waals surface area contributed by atoms with Crippen LogP contribution in [0.2, 0.25) is 0 Å². The molecule has 0 spiro atoms. The Labute approximate surface area is 213 Å². The molecular formula is C29H25N5O3. The van der Waals surface area contributed by atoms with Gasteiger partial charge in [0.1, 0.15) is 11.6 Å². The van der Waals surface area contributed by atoms with Gasteiger partial charge in [0.15, 0.2) is 0 Å². The second-order valence-electron chi connectivity index (χ2n) is 8.50. The van der Waals surface area contributed by atoms with Gasteiger partial charge < -0.3 is 15.8 Å². The van der Waals surface area contributed by atoms with E-state index in [1.54, 1.807) is 30.5 Å². The summed E-state index contributed by atoms with van der Waals surface area (Å²) >= 11 is 0. The molecule has 2 aromatic heterocycles. The standard InChI is InChI=1S/C29H25N5O3/c1-37-26(35)17-20-6-4-7-21(16-20)29(36)32-18-19-11-13-22(14-12-19)34-25-10-3-2-9-24(25)33-28(34)23-8-5-15-31-27(23)30/h2-16H,17-18H2,1H3,(H2,30,31)(H,32,36). The molecule has 8 heteroatoms. The lowest BCUT2D eigenvalue weighted by Crippen LogP contribution is -2.23. The number of hydrogen-bond donors (Lipinski definition) is 2. The van der Waals surface area contributed by atoms with Gasteiger partial charge in [-0.25, -0.2) is 9.97 Å². The average Bonchev–Trinajstić information content (AvgIpc) is 3.31. The van der Waals surface area contributed by atoms with Crippen LogP contribution in [0.4, 0.5) is 5.82 Å². The number of nitrogens with one attached hydrogen (secondary N) is 1. The molecule has 3 aromatic carbocycles. The molecule has 5 rings (SSSR count). The largest absolute Gasteiger partial charge is 0.469 e. The molecule has 5 aromatic rings. The maximum absolute atomic E-state index is 12.7. The number of para-hydroxylation sites is 2. The Balaban J connectivity index is 1.36. The molecule has 0 aliphatic rings. The number of nitrogens with two attached hydrogens (primary N) is 1. The maximum Gasteiger partial charge on any atom is 0.309 e. The van der Waals surface area contributed by atoms with E-state index < -0.39 is 0 Å². The number of hydrogen-bond acceptors (Lipinski definition) is 6. The van der Waals surface area contributed by atoms with Gasteiger partial charge >= 0.3 is 5.97 Å². The van der Waals surface area contributed by atoms with Crippen LogP contribution in [-0.2, 0) is 22.5 Å². The van der Waals surface area contributed by atoms with Gasteiger partial charge in [0, 0.05) is 24.0 Å². The number of carbonyl (C=O) groups excluding carboxylic acids is 2. The highest BCUT2D eigenvalue weighted by Crippen LogP contribution is 2.30. The van der Waals surface area contributed by atoms with Gasteiger partial charge in [-0.15, -0.1) is 0 Å². The minimum Gasteiger partial charge on any atom is -0.469 e. The van der Waals surface area contributed by atoms with Crippen LogP contribution in [0.3, 0.4) is 0 Å². The van der Waals surface area contributed by atoms with Crippen LogP contribution in [0.5, 0.6) is 0 Å². The molecule has 2 heterocycles. The SMILES string of the molecule is COC(=O)Cc1cccc(C(=O)NCc2ccc(-n3c(-c4cccnc4N)nc4ccccc43)cc2)c1. The van der Waals surface area contributed by atoms with Gasteiger partial charge in [0.05, 0.1) is 30.1 Å². The number of carbonyl (C=O) groups is 2. The number of esters is 1. The Kier molecular flexibility index (Phi) is 6.63. The summed E-state index contributed by atoms with van der Waals surface area (Å²) < 4.78 is 6.76. The summed E-state index contributed by atoms with van der Waals surface area (Å²) in [6.45, 7) is 0.355. The number of methoxy groups -OCH3 is 1. The Morgan fingerprint density at radius 2 is 1.76 bits per heavy atom. The van der Waals surface area contributed by atoms with E-state index in [1.807, 2.05) is 60.7 Å². The Morgan fingerprint density at radius 3 is 2.54 bits per heavy atom. The normalized spacial score (nSPS) is 10.8. The molecule has 8 nitrogen and oxygen atoms in total. The van der Waals surface area contributed by atoms with Gasteiger partial charge in [0.25, 0.3) is 5.91 Å². The average molecular weight is 492 g/mol. The number of pyridine rings is 1. The summed E-state index contributed by atoms with van der Waals surface area (Å²) in [5, 5.41) is 2.94. The van der Waals surface area contributed by atoms with E-state index in [1.165, 1.54) is 7.11 Å². The van der Waals surface area contributed by atoms with E-state index in [2.05, 4.69) is 14.9 Å². The molecule has 0 aliphatic heterocycles. The molecule has 0 bridgehead atoms. The fourth-order valence-corrected chi connectivity index (χ4v) is 4.18. The van der Waals surface area contributed by atoms with Crippen LogP contribution >= 0.6 is 0 Å². The van der Waals surface area contributed by atoms with Crippen LogP contribution < -0.4 is 11.1 Å². The molecule has 0 fully saturated rings. The van der Waals surface area contributed by atoms with Gasteiger partial charge in [-0.1, -0.05) is 36.4 Å². The van der Waals surface area contributed by atoms with Crippen molar-refractivity contribution < 1.29 is 14.3 Å². The number of nitrogen functional groups attached to an aromatic ring is 1. The lowest BCUT2D eigenvalue weighted by molar-refractivity contribution is -0.139. The van der Waals surface area contributed by atoms with Crippen LogP contribution in [0.1, 0.15) is 21.5 Å². The first-order valence-electron chi connectivity index (χ1n) is 11.7. The Hall–Kier alpha value is -4.98. The van der Waals surface area contributed by atoms with Crippen molar-refractivity contribution >= 4 is 28.7 Å². The molecular weight excluding hydrogens is 466 g/mol. The Morgan fingerprint density at radius 1 is 0.946 bits per heavy atom. The predicted octanol–water partition coefficient (Wildman–Crippen LogP) is 4.32.